The van der Waals surface area contributed by atoms with Crippen LogP contribution in [0.1, 0.15) is 32.9 Å². The number of fused-ring (bicyclic) bond motifs is 8. The number of furan rings is 1. The SMILES string of the molecule is [2H]c1c([2H])c([2H])c2c(oc3c(-c4c5c([2H])c([2H])c([2H])c([2H])c5c(-c5c([2H])c6c([2H])c([2H])c([2H])c([2H])c6c6c([2H])c([2H])c([2H])c([2H])c56)c5c([2H])c([2H])c([2H])c([2H])c45)c([2H])c([2H])c([2H])c32)c1[2H]. The van der Waals surface area contributed by atoms with Crippen molar-refractivity contribution in [2.75, 3.05) is 0 Å². The van der Waals surface area contributed by atoms with Crippen LogP contribution in [0, 0.1) is 0 Å². The minimum Gasteiger partial charge on any atom is -0.455 e. The van der Waals surface area contributed by atoms with Crippen LogP contribution in [0.4, 0.5) is 0 Å². The first-order valence-corrected chi connectivity index (χ1v) is 12.2. The molecule has 41 heavy (non-hydrogen) atoms. The molecule has 0 fully saturated rings. The summed E-state index contributed by atoms with van der Waals surface area (Å²) in [5, 5.41) is -5.85. The van der Waals surface area contributed by atoms with Crippen LogP contribution in [-0.4, -0.2) is 0 Å². The highest BCUT2D eigenvalue weighted by molar-refractivity contribution is 6.27. The molecule has 0 N–H and O–H groups in total. The van der Waals surface area contributed by atoms with Crippen molar-refractivity contribution in [2.24, 2.45) is 0 Å². The van der Waals surface area contributed by atoms with Crippen LogP contribution in [0.3, 0.4) is 0 Å². The first-order valence-electron chi connectivity index (χ1n) is 24.2. The average molecular weight is 545 g/mol. The van der Waals surface area contributed by atoms with Gasteiger partial charge in [0, 0.05) is 21.9 Å². The number of hydrogen-bond donors (Lipinski definition) is 0. The number of para-hydroxylation sites is 2. The Balaban J connectivity index is 1.72. The van der Waals surface area contributed by atoms with E-state index in [1.54, 1.807) is 0 Å². The Morgan fingerprint density at radius 2 is 0.854 bits per heavy atom. The Morgan fingerprint density at radius 3 is 1.54 bits per heavy atom. The molecule has 0 spiro atoms. The van der Waals surface area contributed by atoms with Gasteiger partial charge in [0.05, 0.1) is 32.9 Å². The predicted molar refractivity (Wildman–Crippen MR) is 175 cm³/mol. The van der Waals surface area contributed by atoms with Gasteiger partial charge in [0.1, 0.15) is 11.2 Å². The van der Waals surface area contributed by atoms with Crippen molar-refractivity contribution in [2.45, 2.75) is 0 Å². The Kier molecular flexibility index (Phi) is 1.94. The molecule has 0 aliphatic rings. The van der Waals surface area contributed by atoms with Crippen LogP contribution in [0.2, 0.25) is 0 Å². The van der Waals surface area contributed by atoms with Gasteiger partial charge in [0.25, 0.3) is 0 Å². The smallest absolute Gasteiger partial charge is 0.143 e. The lowest BCUT2D eigenvalue weighted by Gasteiger charge is -2.19. The van der Waals surface area contributed by atoms with Crippen LogP contribution in [0.15, 0.2) is 149 Å². The molecule has 1 nitrogen and oxygen atoms in total. The summed E-state index contributed by atoms with van der Waals surface area (Å²) in [6.45, 7) is 0. The molecule has 9 rings (SSSR count). The van der Waals surface area contributed by atoms with Gasteiger partial charge >= 0.3 is 0 Å². The molecule has 0 bridgehead atoms. The van der Waals surface area contributed by atoms with Crippen LogP contribution < -0.4 is 0 Å². The van der Waals surface area contributed by atoms with Gasteiger partial charge in [-0.15, -0.1) is 0 Å². The Hall–Kier alpha value is -5.40. The van der Waals surface area contributed by atoms with Crippen molar-refractivity contribution < 1.29 is 37.3 Å². The summed E-state index contributed by atoms with van der Waals surface area (Å²) in [5.74, 6) is 0. The second kappa shape index (κ2) is 8.55. The fourth-order valence-electron chi connectivity index (χ4n) is 5.29. The molecule has 0 aliphatic heterocycles. The summed E-state index contributed by atoms with van der Waals surface area (Å²) in [7, 11) is 0. The lowest BCUT2D eigenvalue weighted by molar-refractivity contribution is 0.670. The van der Waals surface area contributed by atoms with Crippen LogP contribution in [-0.2, 0) is 0 Å². The third kappa shape index (κ3) is 3.18. The quantitative estimate of drug-likeness (QED) is 0.156. The Labute approximate surface area is 270 Å². The zero-order valence-corrected chi connectivity index (χ0v) is 20.4. The molecule has 0 saturated heterocycles. The molecule has 0 atom stereocenters. The topological polar surface area (TPSA) is 13.1 Å². The maximum absolute atomic E-state index is 9.75. The molecule has 0 saturated carbocycles. The molecule has 8 aromatic carbocycles. The van der Waals surface area contributed by atoms with Gasteiger partial charge in [-0.05, 0) is 66.3 Å². The first kappa shape index (κ1) is 9.33. The van der Waals surface area contributed by atoms with E-state index < -0.39 is 232 Å². The normalized spacial score (nSPS) is 20.1. The highest BCUT2D eigenvalue weighted by Crippen LogP contribution is 2.48. The zero-order valence-electron chi connectivity index (χ0n) is 44.4. The molecule has 0 amide bonds. The van der Waals surface area contributed by atoms with E-state index in [1.807, 2.05) is 0 Å². The van der Waals surface area contributed by atoms with E-state index in [2.05, 4.69) is 0 Å². The van der Waals surface area contributed by atoms with Gasteiger partial charge in [0.15, 0.2) is 0 Å². The molecule has 0 radical (unpaired) electrons. The van der Waals surface area contributed by atoms with Gasteiger partial charge in [-0.25, -0.2) is 0 Å². The van der Waals surface area contributed by atoms with Crippen LogP contribution in [0.25, 0.3) is 87.3 Å². The van der Waals surface area contributed by atoms with Crippen molar-refractivity contribution in [3.63, 3.8) is 0 Å². The van der Waals surface area contributed by atoms with Crippen LogP contribution in [0.5, 0.6) is 0 Å². The average Bonchev–Trinajstić information content (AvgIpc) is 3.68. The van der Waals surface area contributed by atoms with Crippen molar-refractivity contribution in [1.82, 2.24) is 0 Å². The summed E-state index contributed by atoms with van der Waals surface area (Å²) >= 11 is 0. The summed E-state index contributed by atoms with van der Waals surface area (Å²) < 4.78 is 221. The monoisotopic (exact) mass is 544 g/mol. The predicted octanol–water partition coefficient (Wildman–Crippen LogP) is 11.5. The van der Waals surface area contributed by atoms with Gasteiger partial charge in [-0.2, -0.15) is 0 Å². The number of hydrogen-bond acceptors (Lipinski definition) is 1. The molecule has 0 aliphatic carbocycles. The van der Waals surface area contributed by atoms with E-state index in [0.717, 1.165) is 0 Å². The second-order valence-corrected chi connectivity index (χ2v) is 9.01. The fraction of sp³-hybridized carbons (Fsp3) is 0. The number of rotatable bonds is 2. The molecule has 1 heteroatoms. The van der Waals surface area contributed by atoms with Crippen LogP contribution >= 0.6 is 0 Å². The van der Waals surface area contributed by atoms with E-state index in [9.17, 15) is 9.60 Å². The Morgan fingerprint density at radius 1 is 0.366 bits per heavy atom. The fourth-order valence-corrected chi connectivity index (χ4v) is 5.29. The van der Waals surface area contributed by atoms with Crippen molar-refractivity contribution >= 4 is 65.0 Å². The minimum atomic E-state index is -0.957. The van der Waals surface area contributed by atoms with Gasteiger partial charge < -0.3 is 4.42 Å². The largest absolute Gasteiger partial charge is 0.455 e. The van der Waals surface area contributed by atoms with Crippen molar-refractivity contribution in [1.29, 1.82) is 0 Å². The standard InChI is InChI=1S/C40H24O/c1-2-13-26-25(12-1)24-36(28-15-4-3-14-27(26)28)39-32-19-7-5-17-30(32)38(31-18-6-8-20-33(31)39)35-22-11-21-34-29-16-9-10-23-37(29)41-40(34)35/h1-24H/i1D,2D,3D,4D,5D,6D,7D,8D,9D,10D,11D,12D,13D,14D,15D,16D,17D,18D,19D,20D,21D,22D,23D,24D. The third-order valence-electron chi connectivity index (χ3n) is 6.94. The van der Waals surface area contributed by atoms with Gasteiger partial charge in [-0.3, -0.25) is 0 Å². The molecule has 9 aromatic rings. The summed E-state index contributed by atoms with van der Waals surface area (Å²) in [6, 6.07) is -20.9. The van der Waals surface area contributed by atoms with E-state index in [1.165, 1.54) is 0 Å². The molecule has 1 heterocycles. The maximum Gasteiger partial charge on any atom is 0.143 e. The number of benzene rings is 8. The van der Waals surface area contributed by atoms with Crippen molar-refractivity contribution in [3.05, 3.63) is 145 Å². The van der Waals surface area contributed by atoms with Gasteiger partial charge in [-0.1, -0.05) is 133 Å². The zero-order chi connectivity index (χ0) is 47.8. The van der Waals surface area contributed by atoms with Gasteiger partial charge in [0.2, 0.25) is 0 Å². The molecule has 190 valence electrons. The van der Waals surface area contributed by atoms with E-state index in [0.29, 0.717) is 0 Å². The molecular weight excluding hydrogens is 496 g/mol. The second-order valence-electron chi connectivity index (χ2n) is 9.01. The molecule has 0 unspecified atom stereocenters. The Bertz CT molecular complexity index is 3740. The van der Waals surface area contributed by atoms with Crippen molar-refractivity contribution in [3.8, 4) is 22.3 Å². The van der Waals surface area contributed by atoms with E-state index in [-0.39, 0.29) is 0 Å². The molecule has 1 aromatic heterocycles. The van der Waals surface area contributed by atoms with E-state index in [4.69, 9.17) is 27.7 Å². The third-order valence-corrected chi connectivity index (χ3v) is 6.94. The summed E-state index contributed by atoms with van der Waals surface area (Å²) in [4.78, 5) is 0. The maximum atomic E-state index is 9.75. The molecular formula is C40H24O. The summed E-state index contributed by atoms with van der Waals surface area (Å²) in [5.41, 5.74) is -3.77. The highest BCUT2D eigenvalue weighted by atomic mass is 16.3. The lowest BCUT2D eigenvalue weighted by Crippen LogP contribution is -1.92. The first-order chi connectivity index (χ1) is 30.3. The summed E-state index contributed by atoms with van der Waals surface area (Å²) in [6.07, 6.45) is 0. The minimum absolute atomic E-state index is 0.403. The van der Waals surface area contributed by atoms with E-state index >= 15 is 0 Å². The highest BCUT2D eigenvalue weighted by Gasteiger charge is 2.21. The lowest BCUT2D eigenvalue weighted by atomic mass is 9.83.